The molecule has 0 bridgehead atoms. The van der Waals surface area contributed by atoms with Crippen LogP contribution in [0.15, 0.2) is 82.2 Å². The number of amides is 1. The highest BCUT2D eigenvalue weighted by Gasteiger charge is 2.21. The van der Waals surface area contributed by atoms with Crippen LogP contribution in [0.3, 0.4) is 0 Å². The summed E-state index contributed by atoms with van der Waals surface area (Å²) in [4.78, 5) is 12.7. The summed E-state index contributed by atoms with van der Waals surface area (Å²) < 4.78 is 33.2. The Hall–Kier alpha value is -2.84. The summed E-state index contributed by atoms with van der Waals surface area (Å²) in [6.45, 7) is 2.62. The second-order valence-corrected chi connectivity index (χ2v) is 9.60. The molecule has 0 radical (unpaired) electrons. The molecule has 3 aromatic carbocycles. The molecule has 6 nitrogen and oxygen atoms in total. The summed E-state index contributed by atoms with van der Waals surface area (Å²) in [5, 5.41) is 2.78. The van der Waals surface area contributed by atoms with Crippen LogP contribution < -0.4 is 14.4 Å². The van der Waals surface area contributed by atoms with Crippen LogP contribution in [-0.2, 0) is 10.0 Å². The zero-order chi connectivity index (χ0) is 22.4. The predicted octanol–water partition coefficient (Wildman–Crippen LogP) is 5.32. The highest BCUT2D eigenvalue weighted by molar-refractivity contribution is 9.10. The molecule has 1 N–H and O–H groups in total. The molecule has 0 spiro atoms. The number of sulfonamides is 1. The molecule has 0 aliphatic rings. The first-order valence-corrected chi connectivity index (χ1v) is 11.9. The van der Waals surface area contributed by atoms with Gasteiger partial charge in [-0.15, -0.1) is 0 Å². The van der Waals surface area contributed by atoms with Crippen LogP contribution in [-0.4, -0.2) is 28.0 Å². The monoisotopic (exact) mass is 502 g/mol. The van der Waals surface area contributed by atoms with E-state index in [9.17, 15) is 13.2 Å². The van der Waals surface area contributed by atoms with E-state index in [1.165, 1.54) is 23.5 Å². The Morgan fingerprint density at radius 2 is 1.71 bits per heavy atom. The van der Waals surface area contributed by atoms with Crippen molar-refractivity contribution < 1.29 is 17.9 Å². The lowest BCUT2D eigenvalue weighted by Crippen LogP contribution is -2.26. The molecule has 0 aliphatic carbocycles. The number of nitrogens with zero attached hydrogens (tertiary/aromatic N) is 1. The molecule has 0 aromatic heterocycles. The topological polar surface area (TPSA) is 75.7 Å². The van der Waals surface area contributed by atoms with Crippen molar-refractivity contribution in [1.29, 1.82) is 0 Å². The van der Waals surface area contributed by atoms with Crippen molar-refractivity contribution in [3.8, 4) is 5.75 Å². The van der Waals surface area contributed by atoms with Gasteiger partial charge in [-0.05, 0) is 76.9 Å². The minimum absolute atomic E-state index is 0.136. The number of rotatable bonds is 8. The van der Waals surface area contributed by atoms with Gasteiger partial charge in [0.25, 0.3) is 15.9 Å². The first kappa shape index (κ1) is 22.8. The van der Waals surface area contributed by atoms with Gasteiger partial charge in [0.05, 0.1) is 21.7 Å². The van der Waals surface area contributed by atoms with Crippen molar-refractivity contribution >= 4 is 43.2 Å². The molecule has 8 heteroatoms. The second-order valence-electron chi connectivity index (χ2n) is 6.78. The Balaban J connectivity index is 1.72. The molecule has 0 fully saturated rings. The van der Waals surface area contributed by atoms with Crippen LogP contribution in [0.1, 0.15) is 23.7 Å². The first-order valence-electron chi connectivity index (χ1n) is 9.70. The number of hydrogen-bond donors (Lipinski definition) is 1. The summed E-state index contributed by atoms with van der Waals surface area (Å²) >= 11 is 3.42. The number of hydrogen-bond acceptors (Lipinski definition) is 4. The maximum absolute atomic E-state index is 12.9. The smallest absolute Gasteiger partial charge is 0.264 e. The van der Waals surface area contributed by atoms with E-state index in [1.54, 1.807) is 54.6 Å². The van der Waals surface area contributed by atoms with Crippen molar-refractivity contribution in [3.63, 3.8) is 0 Å². The fourth-order valence-electron chi connectivity index (χ4n) is 2.82. The molecule has 0 unspecified atom stereocenters. The standard InChI is InChI=1S/C23H23BrN2O4S/c1-3-15-30-22-14-9-17(16-21(22)24)23(27)25-18-10-12-20(13-11-18)31(28,29)26(2)19-7-5-4-6-8-19/h4-14,16H,3,15H2,1-2H3,(H,25,27). The maximum atomic E-state index is 12.9. The number of carbonyl (C=O) groups excluding carboxylic acids is 1. The molecule has 1 amide bonds. The summed E-state index contributed by atoms with van der Waals surface area (Å²) in [7, 11) is -2.20. The lowest BCUT2D eigenvalue weighted by atomic mass is 10.2. The van der Waals surface area contributed by atoms with E-state index in [1.807, 2.05) is 13.0 Å². The third-order valence-corrected chi connectivity index (χ3v) is 6.97. The summed E-state index contributed by atoms with van der Waals surface area (Å²) in [6, 6.07) is 20.0. The van der Waals surface area contributed by atoms with E-state index in [2.05, 4.69) is 21.2 Å². The van der Waals surface area contributed by atoms with Crippen molar-refractivity contribution in [2.45, 2.75) is 18.2 Å². The Kier molecular flexibility index (Phi) is 7.35. The molecule has 162 valence electrons. The Labute approximate surface area is 191 Å². The molecule has 31 heavy (non-hydrogen) atoms. The average molecular weight is 503 g/mol. The molecule has 0 saturated carbocycles. The molecule has 3 rings (SSSR count). The van der Waals surface area contributed by atoms with Gasteiger partial charge in [-0.1, -0.05) is 25.1 Å². The average Bonchev–Trinajstić information content (AvgIpc) is 2.78. The van der Waals surface area contributed by atoms with Crippen LogP contribution in [0.4, 0.5) is 11.4 Å². The number of para-hydroxylation sites is 1. The Morgan fingerprint density at radius 3 is 2.32 bits per heavy atom. The zero-order valence-corrected chi connectivity index (χ0v) is 19.6. The molecule has 0 aliphatic heterocycles. The van der Waals surface area contributed by atoms with Gasteiger partial charge in [-0.2, -0.15) is 0 Å². The summed E-state index contributed by atoms with van der Waals surface area (Å²) in [6.07, 6.45) is 0.890. The van der Waals surface area contributed by atoms with Gasteiger partial charge in [0.2, 0.25) is 0 Å². The molecule has 0 saturated heterocycles. The van der Waals surface area contributed by atoms with Crippen LogP contribution in [0.25, 0.3) is 0 Å². The number of anilines is 2. The van der Waals surface area contributed by atoms with Crippen molar-refractivity contribution in [2.24, 2.45) is 0 Å². The lowest BCUT2D eigenvalue weighted by molar-refractivity contribution is 0.102. The van der Waals surface area contributed by atoms with E-state index < -0.39 is 10.0 Å². The van der Waals surface area contributed by atoms with E-state index in [4.69, 9.17) is 4.74 Å². The van der Waals surface area contributed by atoms with Gasteiger partial charge in [-0.25, -0.2) is 8.42 Å². The lowest BCUT2D eigenvalue weighted by Gasteiger charge is -2.19. The molecule has 0 heterocycles. The van der Waals surface area contributed by atoms with Gasteiger partial charge in [0.1, 0.15) is 5.75 Å². The van der Waals surface area contributed by atoms with Crippen molar-refractivity contribution in [3.05, 3.63) is 82.8 Å². The van der Waals surface area contributed by atoms with Crippen molar-refractivity contribution in [2.75, 3.05) is 23.3 Å². The quantitative estimate of drug-likeness (QED) is 0.452. The van der Waals surface area contributed by atoms with Crippen molar-refractivity contribution in [1.82, 2.24) is 0 Å². The van der Waals surface area contributed by atoms with Crippen LogP contribution in [0.5, 0.6) is 5.75 Å². The maximum Gasteiger partial charge on any atom is 0.264 e. The number of nitrogens with one attached hydrogen (secondary N) is 1. The Bertz CT molecular complexity index is 1150. The third-order valence-electron chi connectivity index (χ3n) is 4.55. The van der Waals surface area contributed by atoms with E-state index >= 15 is 0 Å². The highest BCUT2D eigenvalue weighted by atomic mass is 79.9. The van der Waals surface area contributed by atoms with Crippen LogP contribution in [0, 0.1) is 0 Å². The number of halogens is 1. The molecule has 0 atom stereocenters. The largest absolute Gasteiger partial charge is 0.492 e. The van der Waals surface area contributed by atoms with E-state index in [-0.39, 0.29) is 10.8 Å². The SMILES string of the molecule is CCCOc1ccc(C(=O)Nc2ccc(S(=O)(=O)N(C)c3ccccc3)cc2)cc1Br. The summed E-state index contributed by atoms with van der Waals surface area (Å²) in [5.74, 6) is 0.371. The minimum atomic E-state index is -3.71. The molecular weight excluding hydrogens is 480 g/mol. The fraction of sp³-hybridized carbons (Fsp3) is 0.174. The minimum Gasteiger partial charge on any atom is -0.492 e. The van der Waals surface area contributed by atoms with Gasteiger partial charge in [0.15, 0.2) is 0 Å². The first-order chi connectivity index (χ1) is 14.8. The second kappa shape index (κ2) is 9.98. The fourth-order valence-corrected chi connectivity index (χ4v) is 4.51. The van der Waals surface area contributed by atoms with Gasteiger partial charge >= 0.3 is 0 Å². The number of benzene rings is 3. The van der Waals surface area contributed by atoms with Crippen LogP contribution in [0.2, 0.25) is 0 Å². The molecule has 3 aromatic rings. The molecular formula is C23H23BrN2O4S. The van der Waals surface area contributed by atoms with Crippen LogP contribution >= 0.6 is 15.9 Å². The Morgan fingerprint density at radius 1 is 1.03 bits per heavy atom. The zero-order valence-electron chi connectivity index (χ0n) is 17.2. The predicted molar refractivity (Wildman–Crippen MR) is 126 cm³/mol. The highest BCUT2D eigenvalue weighted by Crippen LogP contribution is 2.27. The van der Waals surface area contributed by atoms with Gasteiger partial charge in [0, 0.05) is 18.3 Å². The van der Waals surface area contributed by atoms with Gasteiger partial charge in [-0.3, -0.25) is 9.10 Å². The number of carbonyl (C=O) groups is 1. The van der Waals surface area contributed by atoms with E-state index in [0.717, 1.165) is 6.42 Å². The van der Waals surface area contributed by atoms with E-state index in [0.29, 0.717) is 33.8 Å². The normalized spacial score (nSPS) is 11.1. The van der Waals surface area contributed by atoms with Gasteiger partial charge < -0.3 is 10.1 Å². The third kappa shape index (κ3) is 5.45. The summed E-state index contributed by atoms with van der Waals surface area (Å²) in [5.41, 5.74) is 1.52. The number of ether oxygens (including phenoxy) is 1.